The van der Waals surface area contributed by atoms with Crippen molar-refractivity contribution in [1.82, 2.24) is 16.1 Å². The third kappa shape index (κ3) is 10.7. The second-order valence-corrected chi connectivity index (χ2v) is 16.1. The van der Waals surface area contributed by atoms with Gasteiger partial charge in [0.25, 0.3) is 0 Å². The third-order valence-electron chi connectivity index (χ3n) is 13.2. The predicted octanol–water partition coefficient (Wildman–Crippen LogP) is 2.59. The van der Waals surface area contributed by atoms with Gasteiger partial charge in [-0.1, -0.05) is 20.8 Å². The molecule has 0 heterocycles. The van der Waals surface area contributed by atoms with Crippen molar-refractivity contribution in [1.29, 1.82) is 0 Å². The van der Waals surface area contributed by atoms with Crippen LogP contribution in [0, 0.1) is 46.3 Å². The second kappa shape index (κ2) is 19.8. The number of amides is 3. The van der Waals surface area contributed by atoms with E-state index in [1.807, 2.05) is 6.92 Å². The predicted molar refractivity (Wildman–Crippen MR) is 190 cm³/mol. The number of carboxylic acid groups (broad SMARTS) is 1. The normalized spacial score (nSPS) is 34.3. The van der Waals surface area contributed by atoms with Gasteiger partial charge in [-0.2, -0.15) is 0 Å². The van der Waals surface area contributed by atoms with Gasteiger partial charge in [-0.05, 0) is 105 Å². The summed E-state index contributed by atoms with van der Waals surface area (Å²) >= 11 is 0. The van der Waals surface area contributed by atoms with Crippen LogP contribution in [-0.4, -0.2) is 110 Å². The number of fused-ring (bicyclic) bond motifs is 5. The molecule has 4 aliphatic carbocycles. The molecular weight excluding hydrogens is 674 g/mol. The average Bonchev–Trinajstić information content (AvgIpc) is 3.47. The van der Waals surface area contributed by atoms with Crippen LogP contribution in [0.4, 0.5) is 0 Å². The number of ether oxygens (including phenoxy) is 3. The van der Waals surface area contributed by atoms with Gasteiger partial charge in [-0.25, -0.2) is 5.48 Å². The number of aliphatic carboxylic acids is 1. The highest BCUT2D eigenvalue weighted by Crippen LogP contribution is 2.68. The quantitative estimate of drug-likeness (QED) is 0.0747. The van der Waals surface area contributed by atoms with Gasteiger partial charge in [0.2, 0.25) is 17.7 Å². The SMILES string of the molecule is CCOCCNC(=O)COCCOCCNC(=O)CCC(=O)NO[C@H]1CC[C@]2(C)C3C[C@H](O)[C@@]4(C)C(CC[C@@H]4[C@H](C)CCC(=O)O)[C@@H]3[C@H](O)C[C@@H]2C1. The van der Waals surface area contributed by atoms with E-state index in [-0.39, 0.29) is 122 Å². The van der Waals surface area contributed by atoms with E-state index in [2.05, 4.69) is 36.9 Å². The van der Waals surface area contributed by atoms with Gasteiger partial charge in [0.15, 0.2) is 0 Å². The van der Waals surface area contributed by atoms with Crippen LogP contribution < -0.4 is 16.1 Å². The van der Waals surface area contributed by atoms with Crippen LogP contribution in [-0.2, 0) is 38.2 Å². The molecule has 0 aromatic carbocycles. The topological polar surface area (TPSA) is 202 Å². The molecule has 11 atom stereocenters. The van der Waals surface area contributed by atoms with E-state index in [1.165, 1.54) is 0 Å². The number of carbonyl (C=O) groups excluding carboxylic acids is 3. The lowest BCUT2D eigenvalue weighted by atomic mass is 9.43. The molecule has 0 aromatic rings. The van der Waals surface area contributed by atoms with E-state index in [0.717, 1.165) is 25.7 Å². The summed E-state index contributed by atoms with van der Waals surface area (Å²) in [7, 11) is 0. The van der Waals surface area contributed by atoms with Crippen LogP contribution in [0.1, 0.15) is 98.3 Å². The smallest absolute Gasteiger partial charge is 0.303 e. The molecule has 14 nitrogen and oxygen atoms in total. The highest BCUT2D eigenvalue weighted by Gasteiger charge is 2.65. The number of carbonyl (C=O) groups is 4. The van der Waals surface area contributed by atoms with Crippen molar-refractivity contribution in [2.24, 2.45) is 46.3 Å². The summed E-state index contributed by atoms with van der Waals surface area (Å²) < 4.78 is 15.8. The molecule has 4 aliphatic rings. The minimum Gasteiger partial charge on any atom is -0.481 e. The van der Waals surface area contributed by atoms with Crippen LogP contribution in [0.3, 0.4) is 0 Å². The molecule has 2 unspecified atom stereocenters. The highest BCUT2D eigenvalue weighted by molar-refractivity contribution is 5.83. The first-order chi connectivity index (χ1) is 24.8. The summed E-state index contributed by atoms with van der Waals surface area (Å²) in [5.74, 6) is -0.534. The van der Waals surface area contributed by atoms with E-state index in [1.54, 1.807) is 0 Å². The van der Waals surface area contributed by atoms with Crippen LogP contribution in [0.15, 0.2) is 0 Å². The zero-order chi connectivity index (χ0) is 37.9. The Morgan fingerprint density at radius 1 is 0.808 bits per heavy atom. The largest absolute Gasteiger partial charge is 0.481 e. The molecule has 0 spiro atoms. The number of rotatable bonds is 21. The van der Waals surface area contributed by atoms with Gasteiger partial charge in [0.05, 0.1) is 44.7 Å². The molecule has 3 amide bonds. The molecule has 298 valence electrons. The Morgan fingerprint density at radius 2 is 1.50 bits per heavy atom. The van der Waals surface area contributed by atoms with Crippen molar-refractivity contribution >= 4 is 23.7 Å². The highest BCUT2D eigenvalue weighted by atomic mass is 16.7. The van der Waals surface area contributed by atoms with Crippen LogP contribution in [0.5, 0.6) is 0 Å². The van der Waals surface area contributed by atoms with Gasteiger partial charge < -0.3 is 40.2 Å². The fourth-order valence-corrected chi connectivity index (χ4v) is 10.4. The fraction of sp³-hybridized carbons (Fsp3) is 0.895. The van der Waals surface area contributed by atoms with Crippen LogP contribution in [0.2, 0.25) is 0 Å². The molecule has 0 aliphatic heterocycles. The maximum atomic E-state index is 12.5. The molecule has 6 N–H and O–H groups in total. The zero-order valence-corrected chi connectivity index (χ0v) is 31.7. The number of aliphatic hydroxyl groups is 2. The standard InChI is InChI=1S/C38H65N3O11/c1-5-49-16-14-40-34(46)23-51-19-18-50-17-15-39-32(44)9-10-33(45)41-52-26-12-13-37(3)25(20-26)21-30(42)36-28-8-7-27(24(2)6-11-35(47)48)38(28,4)31(43)22-29(36)37/h24-31,36,42-43H,5-23H2,1-4H3,(H,39,44)(H,40,46)(H,41,45)(H,47,48)/t24-,25+,26+,27-,28?,29?,30-,31+,36+,37+,38-/m1/s1. The molecular formula is C38H65N3O11. The van der Waals surface area contributed by atoms with Crippen molar-refractivity contribution in [3.8, 4) is 0 Å². The number of carboxylic acids is 1. The van der Waals surface area contributed by atoms with Crippen molar-refractivity contribution in [2.45, 2.75) is 117 Å². The number of hydrogen-bond donors (Lipinski definition) is 6. The minimum atomic E-state index is -0.785. The van der Waals surface area contributed by atoms with Crippen molar-refractivity contribution in [3.63, 3.8) is 0 Å². The van der Waals surface area contributed by atoms with Gasteiger partial charge in [0, 0.05) is 39.0 Å². The van der Waals surface area contributed by atoms with E-state index >= 15 is 0 Å². The minimum absolute atomic E-state index is 0.0128. The maximum absolute atomic E-state index is 12.5. The van der Waals surface area contributed by atoms with Gasteiger partial charge in [-0.15, -0.1) is 0 Å². The maximum Gasteiger partial charge on any atom is 0.303 e. The van der Waals surface area contributed by atoms with E-state index in [9.17, 15) is 34.5 Å². The zero-order valence-electron chi connectivity index (χ0n) is 31.7. The molecule has 0 aromatic heterocycles. The summed E-state index contributed by atoms with van der Waals surface area (Å²) in [4.78, 5) is 53.5. The molecule has 4 fully saturated rings. The number of nitrogens with one attached hydrogen (secondary N) is 3. The van der Waals surface area contributed by atoms with Gasteiger partial charge >= 0.3 is 5.97 Å². The number of hydroxylamine groups is 1. The van der Waals surface area contributed by atoms with Crippen molar-refractivity contribution < 1.29 is 53.5 Å². The molecule has 4 rings (SSSR count). The summed E-state index contributed by atoms with van der Waals surface area (Å²) in [6.07, 6.45) is 5.11. The molecule has 0 bridgehead atoms. The van der Waals surface area contributed by atoms with Crippen LogP contribution >= 0.6 is 0 Å². The first kappa shape index (κ1) is 42.4. The van der Waals surface area contributed by atoms with E-state index in [0.29, 0.717) is 45.4 Å². The van der Waals surface area contributed by atoms with Gasteiger partial charge in [0.1, 0.15) is 6.61 Å². The Labute approximate surface area is 308 Å². The Bertz CT molecular complexity index is 1190. The Balaban J connectivity index is 1.12. The summed E-state index contributed by atoms with van der Waals surface area (Å²) in [6, 6.07) is 0. The summed E-state index contributed by atoms with van der Waals surface area (Å²) in [5, 5.41) is 38.1. The van der Waals surface area contributed by atoms with E-state index < -0.39 is 18.2 Å². The lowest BCUT2D eigenvalue weighted by Crippen LogP contribution is -2.62. The molecule has 0 radical (unpaired) electrons. The van der Waals surface area contributed by atoms with Crippen molar-refractivity contribution in [3.05, 3.63) is 0 Å². The Hall–Kier alpha value is -2.36. The first-order valence-corrected chi connectivity index (χ1v) is 19.6. The number of aliphatic hydroxyl groups excluding tert-OH is 2. The van der Waals surface area contributed by atoms with Crippen LogP contribution in [0.25, 0.3) is 0 Å². The Kier molecular flexibility index (Phi) is 16.2. The molecule has 52 heavy (non-hydrogen) atoms. The fourth-order valence-electron chi connectivity index (χ4n) is 10.4. The average molecular weight is 740 g/mol. The van der Waals surface area contributed by atoms with E-state index in [4.69, 9.17) is 19.0 Å². The lowest BCUT2D eigenvalue weighted by Gasteiger charge is -2.63. The summed E-state index contributed by atoms with van der Waals surface area (Å²) in [5.41, 5.74) is 2.16. The molecule has 14 heteroatoms. The van der Waals surface area contributed by atoms with Crippen molar-refractivity contribution in [2.75, 3.05) is 52.7 Å². The summed E-state index contributed by atoms with van der Waals surface area (Å²) in [6.45, 7) is 11.0. The number of hydrogen-bond acceptors (Lipinski definition) is 10. The monoisotopic (exact) mass is 739 g/mol. The molecule has 4 saturated carbocycles. The first-order valence-electron chi connectivity index (χ1n) is 19.6. The Morgan fingerprint density at radius 3 is 2.23 bits per heavy atom. The lowest BCUT2D eigenvalue weighted by molar-refractivity contribution is -0.212. The second-order valence-electron chi connectivity index (χ2n) is 16.1. The third-order valence-corrected chi connectivity index (χ3v) is 13.2. The molecule has 0 saturated heterocycles. The van der Waals surface area contributed by atoms with Gasteiger partial charge in [-0.3, -0.25) is 24.0 Å².